The van der Waals surface area contributed by atoms with Gasteiger partial charge in [0, 0.05) is 12.7 Å². The van der Waals surface area contributed by atoms with Crippen LogP contribution in [0.4, 0.5) is 11.4 Å². The Hall–Kier alpha value is -3.07. The number of anilines is 2. The van der Waals surface area contributed by atoms with E-state index in [1.807, 2.05) is 0 Å². The molecule has 0 aliphatic heterocycles. The van der Waals surface area contributed by atoms with Gasteiger partial charge in [-0.25, -0.2) is 13.2 Å². The minimum absolute atomic E-state index is 0.288. The largest absolute Gasteiger partial charge is 0.481 e. The number of sulfonamides is 1. The second kappa shape index (κ2) is 9.62. The van der Waals surface area contributed by atoms with Gasteiger partial charge in [0.05, 0.1) is 24.1 Å². The minimum Gasteiger partial charge on any atom is -0.481 e. The van der Waals surface area contributed by atoms with Crippen LogP contribution in [0.5, 0.6) is 5.75 Å². The predicted molar refractivity (Wildman–Crippen MR) is 116 cm³/mol. The molecule has 0 saturated carbocycles. The average Bonchev–Trinajstić information content (AvgIpc) is 2.68. The van der Waals surface area contributed by atoms with E-state index in [-0.39, 0.29) is 12.5 Å². The molecule has 9 heteroatoms. The van der Waals surface area contributed by atoms with E-state index in [1.54, 1.807) is 63.2 Å². The molecule has 0 aromatic heterocycles. The molecule has 162 valence electrons. The number of hydrogen-bond donors (Lipinski definition) is 1. The molecule has 0 aliphatic carbocycles. The summed E-state index contributed by atoms with van der Waals surface area (Å²) in [5.74, 6) is -0.350. The number of ether oxygens (including phenoxy) is 2. The summed E-state index contributed by atoms with van der Waals surface area (Å²) in [4.78, 5) is 24.3. The SMILES string of the molecule is CCOC(=O)c1ccc(NC(=O)C(C)Oc2ccc(N(C)S(C)(=O)=O)cc2)c(C)c1. The summed E-state index contributed by atoms with van der Waals surface area (Å²) in [5.41, 5.74) is 2.18. The van der Waals surface area contributed by atoms with E-state index in [9.17, 15) is 18.0 Å². The van der Waals surface area contributed by atoms with Crippen LogP contribution in [0.1, 0.15) is 29.8 Å². The summed E-state index contributed by atoms with van der Waals surface area (Å²) in [6.07, 6.45) is 0.318. The van der Waals surface area contributed by atoms with Gasteiger partial charge in [-0.2, -0.15) is 0 Å². The van der Waals surface area contributed by atoms with Crippen LogP contribution in [0.15, 0.2) is 42.5 Å². The van der Waals surface area contributed by atoms with E-state index in [0.717, 1.165) is 10.6 Å². The van der Waals surface area contributed by atoms with E-state index < -0.39 is 22.1 Å². The highest BCUT2D eigenvalue weighted by Gasteiger charge is 2.17. The fraction of sp³-hybridized carbons (Fsp3) is 0.333. The maximum absolute atomic E-state index is 12.5. The zero-order chi connectivity index (χ0) is 22.5. The molecule has 0 heterocycles. The predicted octanol–water partition coefficient (Wildman–Crippen LogP) is 2.97. The van der Waals surface area contributed by atoms with Crippen LogP contribution >= 0.6 is 0 Å². The first-order valence-electron chi connectivity index (χ1n) is 9.32. The second-order valence-electron chi connectivity index (χ2n) is 6.72. The molecule has 1 amide bonds. The van der Waals surface area contributed by atoms with Crippen LogP contribution in [0, 0.1) is 6.92 Å². The molecule has 2 rings (SSSR count). The average molecular weight is 435 g/mol. The highest BCUT2D eigenvalue weighted by molar-refractivity contribution is 7.92. The lowest BCUT2D eigenvalue weighted by molar-refractivity contribution is -0.122. The molecule has 8 nitrogen and oxygen atoms in total. The number of carbonyl (C=O) groups is 2. The van der Waals surface area contributed by atoms with Crippen molar-refractivity contribution >= 4 is 33.3 Å². The van der Waals surface area contributed by atoms with E-state index in [2.05, 4.69) is 5.32 Å². The van der Waals surface area contributed by atoms with Gasteiger partial charge in [0.15, 0.2) is 6.10 Å². The molecule has 2 aromatic carbocycles. The Morgan fingerprint density at radius 3 is 2.30 bits per heavy atom. The van der Waals surface area contributed by atoms with Gasteiger partial charge in [-0.1, -0.05) is 0 Å². The first-order valence-corrected chi connectivity index (χ1v) is 11.2. The number of carbonyl (C=O) groups excluding carboxylic acids is 2. The van der Waals surface area contributed by atoms with Gasteiger partial charge in [0.2, 0.25) is 10.0 Å². The summed E-state index contributed by atoms with van der Waals surface area (Å²) in [7, 11) is -1.90. The molecule has 1 atom stereocenters. The monoisotopic (exact) mass is 434 g/mol. The number of hydrogen-bond acceptors (Lipinski definition) is 6. The van der Waals surface area contributed by atoms with Gasteiger partial charge in [0.1, 0.15) is 5.75 Å². The number of benzene rings is 2. The zero-order valence-corrected chi connectivity index (χ0v) is 18.4. The summed E-state index contributed by atoms with van der Waals surface area (Å²) in [6, 6.07) is 11.3. The van der Waals surface area contributed by atoms with Crippen molar-refractivity contribution in [3.8, 4) is 5.75 Å². The molecule has 0 aliphatic rings. The molecule has 0 radical (unpaired) electrons. The molecule has 0 bridgehead atoms. The van der Waals surface area contributed by atoms with Gasteiger partial charge in [0.25, 0.3) is 5.91 Å². The highest BCUT2D eigenvalue weighted by atomic mass is 32.2. The normalized spacial score (nSPS) is 12.0. The van der Waals surface area contributed by atoms with Gasteiger partial charge < -0.3 is 14.8 Å². The van der Waals surface area contributed by atoms with Crippen LogP contribution in [0.25, 0.3) is 0 Å². The number of rotatable bonds is 8. The van der Waals surface area contributed by atoms with Crippen LogP contribution in [-0.4, -0.2) is 46.3 Å². The quantitative estimate of drug-likeness (QED) is 0.641. The van der Waals surface area contributed by atoms with E-state index in [1.165, 1.54) is 7.05 Å². The fourth-order valence-corrected chi connectivity index (χ4v) is 3.07. The third-order valence-corrected chi connectivity index (χ3v) is 5.58. The highest BCUT2D eigenvalue weighted by Crippen LogP contribution is 2.22. The summed E-state index contributed by atoms with van der Waals surface area (Å²) >= 11 is 0. The van der Waals surface area contributed by atoms with Crippen molar-refractivity contribution in [2.24, 2.45) is 0 Å². The number of esters is 1. The Bertz CT molecular complexity index is 1020. The standard InChI is InChI=1S/C21H26N2O6S/c1-6-28-21(25)16-7-12-19(14(2)13-16)22-20(24)15(3)29-18-10-8-17(9-11-18)23(4)30(5,26)27/h7-13,15H,6H2,1-5H3,(H,22,24). The maximum atomic E-state index is 12.5. The lowest BCUT2D eigenvalue weighted by atomic mass is 10.1. The lowest BCUT2D eigenvalue weighted by Crippen LogP contribution is -2.30. The molecular formula is C21H26N2O6S. The lowest BCUT2D eigenvalue weighted by Gasteiger charge is -2.18. The molecule has 0 saturated heterocycles. The van der Waals surface area contributed by atoms with E-state index in [4.69, 9.17) is 9.47 Å². The Balaban J connectivity index is 2.02. The third kappa shape index (κ3) is 5.96. The van der Waals surface area contributed by atoms with E-state index >= 15 is 0 Å². The second-order valence-corrected chi connectivity index (χ2v) is 8.74. The number of amides is 1. The van der Waals surface area contributed by atoms with Crippen molar-refractivity contribution in [3.05, 3.63) is 53.6 Å². The van der Waals surface area contributed by atoms with Crippen molar-refractivity contribution < 1.29 is 27.5 Å². The molecule has 30 heavy (non-hydrogen) atoms. The van der Waals surface area contributed by atoms with E-state index in [0.29, 0.717) is 28.3 Å². The van der Waals surface area contributed by atoms with Crippen LogP contribution in [0.2, 0.25) is 0 Å². The van der Waals surface area contributed by atoms with Crippen molar-refractivity contribution in [3.63, 3.8) is 0 Å². The van der Waals surface area contributed by atoms with Crippen LogP contribution < -0.4 is 14.4 Å². The molecule has 0 spiro atoms. The molecule has 1 unspecified atom stereocenters. The first kappa shape index (κ1) is 23.2. The van der Waals surface area contributed by atoms with Crippen LogP contribution in [0.3, 0.4) is 0 Å². The molecule has 2 aromatic rings. The Morgan fingerprint density at radius 2 is 1.77 bits per heavy atom. The molecule has 1 N–H and O–H groups in total. The van der Waals surface area contributed by atoms with Gasteiger partial charge >= 0.3 is 5.97 Å². The summed E-state index contributed by atoms with van der Waals surface area (Å²) in [5, 5.41) is 2.77. The number of nitrogens with one attached hydrogen (secondary N) is 1. The van der Waals surface area contributed by atoms with Crippen molar-refractivity contribution in [2.75, 3.05) is 29.5 Å². The topological polar surface area (TPSA) is 102 Å². The Labute approximate surface area is 176 Å². The Morgan fingerprint density at radius 1 is 1.13 bits per heavy atom. The maximum Gasteiger partial charge on any atom is 0.338 e. The van der Waals surface area contributed by atoms with Gasteiger partial charge in [-0.05, 0) is 68.8 Å². The molecule has 0 fully saturated rings. The zero-order valence-electron chi connectivity index (χ0n) is 17.6. The third-order valence-electron chi connectivity index (χ3n) is 4.38. The van der Waals surface area contributed by atoms with Crippen molar-refractivity contribution in [2.45, 2.75) is 26.9 Å². The summed E-state index contributed by atoms with van der Waals surface area (Å²) < 4.78 is 34.9. The number of nitrogens with zero attached hydrogens (tertiary/aromatic N) is 1. The van der Waals surface area contributed by atoms with Crippen LogP contribution in [-0.2, 0) is 19.6 Å². The number of aryl methyl sites for hydroxylation is 1. The first-order chi connectivity index (χ1) is 14.0. The van der Waals surface area contributed by atoms with Gasteiger partial charge in [-0.3, -0.25) is 9.10 Å². The van der Waals surface area contributed by atoms with Crippen molar-refractivity contribution in [1.29, 1.82) is 0 Å². The fourth-order valence-electron chi connectivity index (χ4n) is 2.56. The van der Waals surface area contributed by atoms with Crippen molar-refractivity contribution in [1.82, 2.24) is 0 Å². The molecular weight excluding hydrogens is 408 g/mol. The Kier molecular flexibility index (Phi) is 7.44. The minimum atomic E-state index is -3.36. The summed E-state index contributed by atoms with van der Waals surface area (Å²) in [6.45, 7) is 5.41. The smallest absolute Gasteiger partial charge is 0.338 e. The van der Waals surface area contributed by atoms with Gasteiger partial charge in [-0.15, -0.1) is 0 Å².